The lowest BCUT2D eigenvalue weighted by Crippen LogP contribution is -2.28. The Morgan fingerprint density at radius 3 is 2.48 bits per heavy atom. The van der Waals surface area contributed by atoms with Crippen molar-refractivity contribution >= 4 is 22.5 Å². The second-order valence-electron chi connectivity index (χ2n) is 7.74. The number of hydrogen-bond donors (Lipinski definition) is 1. The highest BCUT2D eigenvalue weighted by atomic mass is 16.5. The Hall–Kier alpha value is -2.74. The average molecular weight is 428 g/mol. The van der Waals surface area contributed by atoms with Crippen LogP contribution in [0.15, 0.2) is 16.8 Å². The minimum absolute atomic E-state index is 0.0874. The van der Waals surface area contributed by atoms with E-state index in [-0.39, 0.29) is 5.78 Å². The van der Waals surface area contributed by atoms with Gasteiger partial charge in [-0.3, -0.25) is 4.79 Å². The molecule has 0 spiro atoms. The molecule has 31 heavy (non-hydrogen) atoms. The summed E-state index contributed by atoms with van der Waals surface area (Å²) in [6, 6.07) is 2.10. The molecule has 168 valence electrons. The van der Waals surface area contributed by atoms with Crippen LogP contribution >= 0.6 is 0 Å². The van der Waals surface area contributed by atoms with Gasteiger partial charge in [-0.2, -0.15) is 5.10 Å². The van der Waals surface area contributed by atoms with Crippen LogP contribution < -0.4 is 5.32 Å². The average Bonchev–Trinajstić information content (AvgIpc) is 3.40. The summed E-state index contributed by atoms with van der Waals surface area (Å²) in [5.74, 6) is 0.239. The van der Waals surface area contributed by atoms with E-state index in [1.54, 1.807) is 13.0 Å². The summed E-state index contributed by atoms with van der Waals surface area (Å²) in [7, 11) is 0. The van der Waals surface area contributed by atoms with Crippen molar-refractivity contribution in [1.29, 1.82) is 0 Å². The van der Waals surface area contributed by atoms with E-state index in [0.717, 1.165) is 62.2 Å². The van der Waals surface area contributed by atoms with E-state index < -0.39 is 0 Å². The Labute approximate surface area is 183 Å². The van der Waals surface area contributed by atoms with Gasteiger partial charge in [0.05, 0.1) is 23.0 Å². The van der Waals surface area contributed by atoms with Gasteiger partial charge in [-0.05, 0) is 45.1 Å². The molecule has 1 fully saturated rings. The molecular formula is C23H33N5O3. The predicted molar refractivity (Wildman–Crippen MR) is 121 cm³/mol. The van der Waals surface area contributed by atoms with Crippen LogP contribution in [0.3, 0.4) is 0 Å². The topological polar surface area (TPSA) is 95.1 Å². The Kier molecular flexibility index (Phi) is 7.79. The third-order valence-corrected chi connectivity index (χ3v) is 5.50. The number of ketones is 1. The Morgan fingerprint density at radius 1 is 1.23 bits per heavy atom. The van der Waals surface area contributed by atoms with Gasteiger partial charge in [0.1, 0.15) is 0 Å². The number of Topliss-reactive ketones (excluding diaryl/α,β-unsaturated/α-hetero) is 1. The molecule has 3 aromatic heterocycles. The van der Waals surface area contributed by atoms with Crippen LogP contribution in [0.5, 0.6) is 0 Å². The van der Waals surface area contributed by atoms with E-state index in [4.69, 9.17) is 9.72 Å². The minimum Gasteiger partial charge on any atom is -0.381 e. The van der Waals surface area contributed by atoms with E-state index in [1.165, 1.54) is 23.9 Å². The second kappa shape index (κ2) is 10.5. The number of ether oxygens (including phenoxy) is 1. The number of pyridine rings is 1. The monoisotopic (exact) mass is 427 g/mol. The molecule has 4 heterocycles. The van der Waals surface area contributed by atoms with Gasteiger partial charge in [-0.15, -0.1) is 0 Å². The molecular weight excluding hydrogens is 394 g/mol. The second-order valence-corrected chi connectivity index (χ2v) is 7.74. The highest BCUT2D eigenvalue weighted by Gasteiger charge is 2.20. The molecule has 4 rings (SSSR count). The van der Waals surface area contributed by atoms with Crippen LogP contribution in [0.1, 0.15) is 68.0 Å². The number of aromatic nitrogens is 4. The summed E-state index contributed by atoms with van der Waals surface area (Å²) < 4.78 is 12.1. The molecule has 0 radical (unpaired) electrons. The van der Waals surface area contributed by atoms with E-state index in [0.29, 0.717) is 11.8 Å². The molecule has 1 aliphatic rings. The van der Waals surface area contributed by atoms with E-state index >= 15 is 0 Å². The van der Waals surface area contributed by atoms with Crippen LogP contribution in [0.2, 0.25) is 0 Å². The van der Waals surface area contributed by atoms with Crippen molar-refractivity contribution in [1.82, 2.24) is 19.9 Å². The van der Waals surface area contributed by atoms with Gasteiger partial charge in [-0.1, -0.05) is 19.0 Å². The minimum atomic E-state index is -0.0874. The maximum absolute atomic E-state index is 10.5. The molecule has 1 saturated heterocycles. The maximum Gasteiger partial charge on any atom is 0.202 e. The van der Waals surface area contributed by atoms with Crippen LogP contribution in [0.4, 0.5) is 5.69 Å². The molecule has 1 aliphatic heterocycles. The highest BCUT2D eigenvalue weighted by molar-refractivity contribution is 5.92. The van der Waals surface area contributed by atoms with E-state index in [9.17, 15) is 4.79 Å². The van der Waals surface area contributed by atoms with Crippen molar-refractivity contribution in [3.8, 4) is 0 Å². The molecule has 0 bridgehead atoms. The number of hydrogen-bond acceptors (Lipinski definition) is 7. The number of nitrogens with one attached hydrogen (secondary N) is 1. The smallest absolute Gasteiger partial charge is 0.202 e. The fraction of sp³-hybridized carbons (Fsp3) is 0.565. The maximum atomic E-state index is 10.5. The van der Waals surface area contributed by atoms with E-state index in [2.05, 4.69) is 40.9 Å². The normalized spacial score (nSPS) is 14.4. The van der Waals surface area contributed by atoms with Gasteiger partial charge in [0.2, 0.25) is 5.76 Å². The van der Waals surface area contributed by atoms with Gasteiger partial charge in [0.25, 0.3) is 0 Å². The van der Waals surface area contributed by atoms with Crippen LogP contribution in [-0.2, 0) is 24.1 Å². The zero-order chi connectivity index (χ0) is 22.4. The Balaban J connectivity index is 0.000000254. The molecule has 8 heteroatoms. The Bertz CT molecular complexity index is 1020. The first-order valence-electron chi connectivity index (χ1n) is 11.1. The summed E-state index contributed by atoms with van der Waals surface area (Å²) in [6.45, 7) is 12.3. The number of rotatable bonds is 6. The number of nitrogens with zero attached hydrogens (tertiary/aromatic N) is 4. The molecule has 0 amide bonds. The van der Waals surface area contributed by atoms with Crippen LogP contribution in [-0.4, -0.2) is 45.0 Å². The first-order chi connectivity index (χ1) is 15.0. The molecule has 1 N–H and O–H groups in total. The molecule has 0 unspecified atom stereocenters. The van der Waals surface area contributed by atoms with Gasteiger partial charge < -0.3 is 14.6 Å². The van der Waals surface area contributed by atoms with Gasteiger partial charge in [0, 0.05) is 44.5 Å². The number of fused-ring (bicyclic) bond motifs is 1. The van der Waals surface area contributed by atoms with Crippen molar-refractivity contribution in [2.45, 2.75) is 72.9 Å². The highest BCUT2D eigenvalue weighted by Crippen LogP contribution is 2.31. The number of carbonyl (C=O) groups is 1. The van der Waals surface area contributed by atoms with Gasteiger partial charge in [-0.25, -0.2) is 9.67 Å². The lowest BCUT2D eigenvalue weighted by Gasteiger charge is -2.26. The van der Waals surface area contributed by atoms with Crippen molar-refractivity contribution in [2.75, 3.05) is 18.5 Å². The molecule has 3 aromatic rings. The lowest BCUT2D eigenvalue weighted by molar-refractivity contribution is 0.0904. The molecule has 0 aromatic carbocycles. The SMILES string of the molecule is CC(=O)c1cc(C)no1.CCc1nc2c(cnn2CC)c(NC2CCOCC2)c1CC. The molecule has 0 aliphatic carbocycles. The number of aryl methyl sites for hydroxylation is 3. The van der Waals surface area contributed by atoms with E-state index in [1.807, 2.05) is 10.9 Å². The zero-order valence-corrected chi connectivity index (χ0v) is 19.2. The fourth-order valence-electron chi connectivity index (χ4n) is 3.82. The summed E-state index contributed by atoms with van der Waals surface area (Å²) in [6.07, 6.45) is 6.05. The molecule has 8 nitrogen and oxygen atoms in total. The molecule has 0 saturated carbocycles. The number of anilines is 1. The molecule has 0 atom stereocenters. The number of carbonyl (C=O) groups excluding carboxylic acids is 1. The largest absolute Gasteiger partial charge is 0.381 e. The Morgan fingerprint density at radius 2 is 1.97 bits per heavy atom. The zero-order valence-electron chi connectivity index (χ0n) is 19.2. The fourth-order valence-corrected chi connectivity index (χ4v) is 3.82. The van der Waals surface area contributed by atoms with Crippen LogP contribution in [0, 0.1) is 6.92 Å². The van der Waals surface area contributed by atoms with Crippen molar-refractivity contribution in [2.24, 2.45) is 0 Å². The van der Waals surface area contributed by atoms with Gasteiger partial charge >= 0.3 is 0 Å². The summed E-state index contributed by atoms with van der Waals surface area (Å²) in [5.41, 5.74) is 5.53. The summed E-state index contributed by atoms with van der Waals surface area (Å²) in [5, 5.41) is 13.0. The quantitative estimate of drug-likeness (QED) is 0.584. The lowest BCUT2D eigenvalue weighted by atomic mass is 10.0. The predicted octanol–water partition coefficient (Wildman–Crippen LogP) is 4.35. The third kappa shape index (κ3) is 5.31. The summed E-state index contributed by atoms with van der Waals surface area (Å²) in [4.78, 5) is 15.4. The first-order valence-corrected chi connectivity index (χ1v) is 11.1. The third-order valence-electron chi connectivity index (χ3n) is 5.50. The van der Waals surface area contributed by atoms with Crippen molar-refractivity contribution in [3.05, 3.63) is 35.0 Å². The first kappa shape index (κ1) is 22.9. The van der Waals surface area contributed by atoms with Crippen molar-refractivity contribution in [3.63, 3.8) is 0 Å². The standard InChI is InChI=1S/C17H26N4O.C6H7NO2/c1-4-13-15(5-2)20-17-14(11-18-21(17)6-3)16(13)19-12-7-9-22-10-8-12;1-4-3-6(5(2)8)9-7-4/h11-12H,4-10H2,1-3H3,(H,19,20);3H,1-2H3. The summed E-state index contributed by atoms with van der Waals surface area (Å²) >= 11 is 0. The van der Waals surface area contributed by atoms with Crippen molar-refractivity contribution < 1.29 is 14.1 Å². The van der Waals surface area contributed by atoms with Crippen LogP contribution in [0.25, 0.3) is 11.0 Å². The van der Waals surface area contributed by atoms with Gasteiger partial charge in [0.15, 0.2) is 11.4 Å².